The molecule has 0 amide bonds. The van der Waals surface area contributed by atoms with E-state index in [4.69, 9.17) is 8.83 Å². The first-order chi connectivity index (χ1) is 54.5. The molecule has 23 rings (SSSR count). The minimum Gasteiger partial charge on any atom is -0.455 e. The van der Waals surface area contributed by atoms with Gasteiger partial charge in [-0.2, -0.15) is 0 Å². The summed E-state index contributed by atoms with van der Waals surface area (Å²) in [5.74, 6) is 0. The van der Waals surface area contributed by atoms with Crippen LogP contribution < -0.4 is 9.80 Å². The number of benzene rings is 21. The van der Waals surface area contributed by atoms with E-state index < -0.39 is 0 Å². The zero-order valence-electron chi connectivity index (χ0n) is 59.8. The lowest BCUT2D eigenvalue weighted by molar-refractivity contribution is 0.672. The highest BCUT2D eigenvalue weighted by atomic mass is 16.3. The van der Waals surface area contributed by atoms with Gasteiger partial charge in [-0.3, -0.25) is 0 Å². The number of hydrogen-bond acceptors (Lipinski definition) is 4. The highest BCUT2D eigenvalue weighted by Crippen LogP contribution is 2.50. The van der Waals surface area contributed by atoms with Gasteiger partial charge in [0, 0.05) is 44.0 Å². The Kier molecular flexibility index (Phi) is 14.6. The molecule has 21 aromatic carbocycles. The van der Waals surface area contributed by atoms with Crippen molar-refractivity contribution in [3.8, 4) is 33.4 Å². The molecular weight excluding hydrogens is 1330 g/mol. The molecule has 4 heteroatoms. The molecule has 0 saturated heterocycles. The van der Waals surface area contributed by atoms with Gasteiger partial charge in [0.2, 0.25) is 0 Å². The highest BCUT2D eigenvalue weighted by Gasteiger charge is 2.25. The Labute approximate surface area is 634 Å². The molecule has 4 nitrogen and oxygen atoms in total. The number of hydrogen-bond donors (Lipinski definition) is 0. The molecule has 110 heavy (non-hydrogen) atoms. The molecule has 0 bridgehead atoms. The molecule has 2 aromatic heterocycles. The van der Waals surface area contributed by atoms with Crippen molar-refractivity contribution in [2.75, 3.05) is 9.80 Å². The normalized spacial score (nSPS) is 11.8. The van der Waals surface area contributed by atoms with E-state index in [1.54, 1.807) is 0 Å². The summed E-state index contributed by atoms with van der Waals surface area (Å²) in [6, 6.07) is 145. The summed E-state index contributed by atoms with van der Waals surface area (Å²) >= 11 is 0. The van der Waals surface area contributed by atoms with Crippen molar-refractivity contribution in [1.82, 2.24) is 0 Å². The highest BCUT2D eigenvalue weighted by molar-refractivity contribution is 6.24. The molecule has 0 aliphatic rings. The summed E-state index contributed by atoms with van der Waals surface area (Å²) in [5.41, 5.74) is 17.3. The average molecular weight is 1400 g/mol. The van der Waals surface area contributed by atoms with Gasteiger partial charge >= 0.3 is 0 Å². The molecular formula is C106H66N2O2. The zero-order valence-corrected chi connectivity index (χ0v) is 59.8. The first-order valence-electron chi connectivity index (χ1n) is 37.8. The minimum atomic E-state index is 0.870. The SMILES string of the molecule is c1ccc2c(c1)cc(-c1ccc(-c3ccc(N(c4cc5ccccc5c5ccccc45)c4cccc5oc6c7ccccc7ccc6c45)cc3)cc1)c1ccccc12.c1ccc2c(c1)ccc1cc(N(c3ccc(-c4cc5ccccc5c5ccccc45)cc3)c3cccc4oc5c6ccccc6ccc5c34)ccc12. The van der Waals surface area contributed by atoms with Crippen LogP contribution in [0.1, 0.15) is 0 Å². The minimum absolute atomic E-state index is 0.870. The number of nitrogens with zero attached hydrogens (tertiary/aromatic N) is 2. The summed E-state index contributed by atoms with van der Waals surface area (Å²) < 4.78 is 13.4. The van der Waals surface area contributed by atoms with Gasteiger partial charge in [-0.15, -0.1) is 0 Å². The van der Waals surface area contributed by atoms with Crippen molar-refractivity contribution in [2.24, 2.45) is 0 Å². The van der Waals surface area contributed by atoms with Crippen LogP contribution in [0, 0.1) is 0 Å². The lowest BCUT2D eigenvalue weighted by Crippen LogP contribution is -2.11. The largest absolute Gasteiger partial charge is 0.455 e. The molecule has 0 radical (unpaired) electrons. The van der Waals surface area contributed by atoms with Crippen molar-refractivity contribution in [2.45, 2.75) is 0 Å². The van der Waals surface area contributed by atoms with Crippen LogP contribution in [0.2, 0.25) is 0 Å². The Hall–Kier alpha value is -14.6. The third kappa shape index (κ3) is 10.3. The van der Waals surface area contributed by atoms with Crippen molar-refractivity contribution in [1.29, 1.82) is 0 Å². The van der Waals surface area contributed by atoms with Crippen molar-refractivity contribution >= 4 is 186 Å². The Morgan fingerprint density at radius 1 is 0.164 bits per heavy atom. The van der Waals surface area contributed by atoms with E-state index in [0.717, 1.165) is 88.8 Å². The van der Waals surface area contributed by atoms with E-state index in [1.165, 1.54) is 130 Å². The third-order valence-corrected chi connectivity index (χ3v) is 22.8. The summed E-state index contributed by atoms with van der Waals surface area (Å²) in [4.78, 5) is 4.82. The summed E-state index contributed by atoms with van der Waals surface area (Å²) in [6.45, 7) is 0. The van der Waals surface area contributed by atoms with Crippen LogP contribution in [-0.4, -0.2) is 0 Å². The van der Waals surface area contributed by atoms with Crippen LogP contribution in [0.5, 0.6) is 0 Å². The van der Waals surface area contributed by atoms with E-state index in [1.807, 2.05) is 0 Å². The molecule has 2 heterocycles. The van der Waals surface area contributed by atoms with E-state index in [9.17, 15) is 0 Å². The molecule has 0 atom stereocenters. The van der Waals surface area contributed by atoms with Crippen LogP contribution >= 0.6 is 0 Å². The Morgan fingerprint density at radius 2 is 0.473 bits per heavy atom. The van der Waals surface area contributed by atoms with E-state index >= 15 is 0 Å². The molecule has 0 N–H and O–H groups in total. The number of rotatable bonds is 9. The van der Waals surface area contributed by atoms with Gasteiger partial charge in [-0.05, 0) is 216 Å². The summed E-state index contributed by atoms with van der Waals surface area (Å²) in [5, 5.41) is 29.0. The smallest absolute Gasteiger partial charge is 0.143 e. The molecule has 0 saturated carbocycles. The van der Waals surface area contributed by atoms with Crippen molar-refractivity contribution in [3.63, 3.8) is 0 Å². The molecule has 23 aromatic rings. The van der Waals surface area contributed by atoms with Gasteiger partial charge in [0.15, 0.2) is 0 Å². The van der Waals surface area contributed by atoms with Gasteiger partial charge in [0.25, 0.3) is 0 Å². The average Bonchev–Trinajstić information content (AvgIpc) is 1.49. The van der Waals surface area contributed by atoms with Crippen LogP contribution in [0.25, 0.3) is 185 Å². The van der Waals surface area contributed by atoms with Crippen molar-refractivity contribution in [3.05, 3.63) is 400 Å². The van der Waals surface area contributed by atoms with Gasteiger partial charge in [-0.25, -0.2) is 0 Å². The zero-order chi connectivity index (χ0) is 72.3. The van der Waals surface area contributed by atoms with Gasteiger partial charge < -0.3 is 18.6 Å². The molecule has 0 spiro atoms. The second kappa shape index (κ2) is 25.6. The quantitative estimate of drug-likeness (QED) is 0.135. The Bertz CT molecular complexity index is 7660. The fourth-order valence-electron chi connectivity index (χ4n) is 17.7. The topological polar surface area (TPSA) is 32.8 Å². The second-order valence-corrected chi connectivity index (χ2v) is 28.9. The van der Waals surface area contributed by atoms with E-state index in [0.29, 0.717) is 0 Å². The maximum absolute atomic E-state index is 6.72. The monoisotopic (exact) mass is 1400 g/mol. The predicted octanol–water partition coefficient (Wildman–Crippen LogP) is 30.6. The van der Waals surface area contributed by atoms with Crippen LogP contribution in [0.4, 0.5) is 34.1 Å². The van der Waals surface area contributed by atoms with Crippen LogP contribution in [0.3, 0.4) is 0 Å². The summed E-state index contributed by atoms with van der Waals surface area (Å²) in [6.07, 6.45) is 0. The maximum atomic E-state index is 6.72. The predicted molar refractivity (Wildman–Crippen MR) is 468 cm³/mol. The third-order valence-electron chi connectivity index (χ3n) is 22.8. The van der Waals surface area contributed by atoms with E-state index in [-0.39, 0.29) is 0 Å². The molecule has 512 valence electrons. The van der Waals surface area contributed by atoms with Crippen LogP contribution in [0.15, 0.2) is 409 Å². The lowest BCUT2D eigenvalue weighted by Gasteiger charge is -2.28. The second-order valence-electron chi connectivity index (χ2n) is 28.9. The standard InChI is InChI=1S/C56H35NO.C50H31NO/c1-6-17-45-38(12-1)30-33-50-55-52(22-11-23-54(55)58-56(45)50)57(53-35-41-14-3-5-16-44(41)47-19-9-10-21-49(47)53)42-31-28-37(29-32-42)36-24-26-39(27-25-36)51-34-40-13-2-4-15-43(40)46-18-7-8-20-48(46)51;1-4-13-39-32(10-1)20-21-36-30-38(27-29-41(36)39)51(47-18-9-19-48-49(47)45-28-24-33-11-2-6-15-42(33)50(45)52-48)37-25-22-34(23-26-37)46-31-35-12-3-5-14-40(35)43-16-7-8-17-44(43)46/h1-35H;1-31H. The Morgan fingerprint density at radius 3 is 0.973 bits per heavy atom. The Balaban J connectivity index is 0.000000136. The number of anilines is 6. The first-order valence-corrected chi connectivity index (χ1v) is 37.8. The molecule has 0 aliphatic carbocycles. The molecule has 0 aliphatic heterocycles. The van der Waals surface area contributed by atoms with Crippen LogP contribution in [-0.2, 0) is 0 Å². The van der Waals surface area contributed by atoms with E-state index in [2.05, 4.69) is 410 Å². The number of fused-ring (bicyclic) bond motifs is 22. The fourth-order valence-corrected chi connectivity index (χ4v) is 17.7. The maximum Gasteiger partial charge on any atom is 0.143 e. The van der Waals surface area contributed by atoms with Crippen molar-refractivity contribution < 1.29 is 8.83 Å². The summed E-state index contributed by atoms with van der Waals surface area (Å²) in [7, 11) is 0. The van der Waals surface area contributed by atoms with Gasteiger partial charge in [-0.1, -0.05) is 309 Å². The number of furan rings is 2. The van der Waals surface area contributed by atoms with Gasteiger partial charge in [0.1, 0.15) is 22.3 Å². The first kappa shape index (κ1) is 62.8. The fraction of sp³-hybridized carbons (Fsp3) is 0. The molecule has 0 fully saturated rings. The lowest BCUT2D eigenvalue weighted by atomic mass is 9.92. The van der Waals surface area contributed by atoms with Gasteiger partial charge in [0.05, 0.1) is 27.8 Å². The molecule has 0 unspecified atom stereocenters.